The number of benzene rings is 1. The molecule has 0 aliphatic carbocycles. The van der Waals surface area contributed by atoms with E-state index in [-0.39, 0.29) is 10.9 Å². The zero-order chi connectivity index (χ0) is 15.6. The summed E-state index contributed by atoms with van der Waals surface area (Å²) in [5.41, 5.74) is 0.942. The SMILES string of the molecule is COc1ccccc1Cn1cc(S(=O)(=O)Cl)nc1C(C)C. The Hall–Kier alpha value is -1.53. The lowest BCUT2D eigenvalue weighted by Crippen LogP contribution is -2.06. The lowest BCUT2D eigenvalue weighted by molar-refractivity contribution is 0.408. The quantitative estimate of drug-likeness (QED) is 0.792. The van der Waals surface area contributed by atoms with Gasteiger partial charge >= 0.3 is 0 Å². The molecule has 1 aromatic heterocycles. The van der Waals surface area contributed by atoms with Gasteiger partial charge in [0.2, 0.25) is 0 Å². The Balaban J connectivity index is 2.46. The minimum Gasteiger partial charge on any atom is -0.496 e. The van der Waals surface area contributed by atoms with E-state index < -0.39 is 9.05 Å². The topological polar surface area (TPSA) is 61.2 Å². The second-order valence-electron chi connectivity index (χ2n) is 4.97. The van der Waals surface area contributed by atoms with Gasteiger partial charge < -0.3 is 9.30 Å². The molecule has 0 aliphatic rings. The van der Waals surface area contributed by atoms with E-state index in [2.05, 4.69) is 4.98 Å². The Morgan fingerprint density at radius 3 is 2.57 bits per heavy atom. The third-order valence-electron chi connectivity index (χ3n) is 3.08. The van der Waals surface area contributed by atoms with Crippen molar-refractivity contribution in [2.45, 2.75) is 31.3 Å². The van der Waals surface area contributed by atoms with E-state index >= 15 is 0 Å². The second-order valence-corrected chi connectivity index (χ2v) is 7.48. The van der Waals surface area contributed by atoms with E-state index in [9.17, 15) is 8.42 Å². The van der Waals surface area contributed by atoms with Crippen LogP contribution in [0.2, 0.25) is 0 Å². The van der Waals surface area contributed by atoms with Crippen molar-refractivity contribution in [3.63, 3.8) is 0 Å². The van der Waals surface area contributed by atoms with Gasteiger partial charge in [0.1, 0.15) is 11.6 Å². The predicted molar refractivity (Wildman–Crippen MR) is 81.5 cm³/mol. The molecule has 1 heterocycles. The average molecular weight is 329 g/mol. The van der Waals surface area contributed by atoms with Crippen LogP contribution in [0.4, 0.5) is 0 Å². The molecule has 0 spiro atoms. The lowest BCUT2D eigenvalue weighted by Gasteiger charge is -2.12. The molecule has 7 heteroatoms. The van der Waals surface area contributed by atoms with Crippen LogP contribution in [0.1, 0.15) is 31.2 Å². The fourth-order valence-corrected chi connectivity index (χ4v) is 2.81. The third-order valence-corrected chi connectivity index (χ3v) is 4.26. The van der Waals surface area contributed by atoms with Gasteiger partial charge in [-0.25, -0.2) is 13.4 Å². The fourth-order valence-electron chi connectivity index (χ4n) is 2.13. The van der Waals surface area contributed by atoms with Crippen LogP contribution in [0.5, 0.6) is 5.75 Å². The maximum Gasteiger partial charge on any atom is 0.280 e. The van der Waals surface area contributed by atoms with Crippen molar-refractivity contribution in [3.8, 4) is 5.75 Å². The van der Waals surface area contributed by atoms with Crippen LogP contribution >= 0.6 is 10.7 Å². The number of hydrogen-bond acceptors (Lipinski definition) is 4. The molecule has 0 unspecified atom stereocenters. The van der Waals surface area contributed by atoms with Crippen LogP contribution in [0.15, 0.2) is 35.5 Å². The van der Waals surface area contributed by atoms with Gasteiger partial charge in [-0.15, -0.1) is 0 Å². The molecule has 114 valence electrons. The van der Waals surface area contributed by atoms with Crippen LogP contribution in [0.3, 0.4) is 0 Å². The molecule has 0 amide bonds. The number of nitrogens with zero attached hydrogens (tertiary/aromatic N) is 2. The van der Waals surface area contributed by atoms with E-state index in [1.54, 1.807) is 11.7 Å². The van der Waals surface area contributed by atoms with Crippen molar-refractivity contribution in [1.82, 2.24) is 9.55 Å². The average Bonchev–Trinajstić information content (AvgIpc) is 2.83. The van der Waals surface area contributed by atoms with Gasteiger partial charge in [-0.2, -0.15) is 0 Å². The van der Waals surface area contributed by atoms with E-state index in [1.807, 2.05) is 38.1 Å². The van der Waals surface area contributed by atoms with Crippen molar-refractivity contribution in [1.29, 1.82) is 0 Å². The van der Waals surface area contributed by atoms with Crippen LogP contribution in [0, 0.1) is 0 Å². The Morgan fingerprint density at radius 2 is 2.00 bits per heavy atom. The summed E-state index contributed by atoms with van der Waals surface area (Å²) in [5, 5.41) is -0.122. The molecule has 5 nitrogen and oxygen atoms in total. The molecule has 0 fully saturated rings. The summed E-state index contributed by atoms with van der Waals surface area (Å²) in [4.78, 5) is 4.13. The normalized spacial score (nSPS) is 11.9. The molecule has 2 aromatic rings. The summed E-state index contributed by atoms with van der Waals surface area (Å²) in [6.07, 6.45) is 1.46. The van der Waals surface area contributed by atoms with E-state index in [0.29, 0.717) is 12.4 Å². The molecule has 0 aliphatic heterocycles. The number of methoxy groups -OCH3 is 1. The number of imidazole rings is 1. The summed E-state index contributed by atoms with van der Waals surface area (Å²) in [6.45, 7) is 4.37. The molecular formula is C14H17ClN2O3S. The Bertz CT molecular complexity index is 738. The number of aromatic nitrogens is 2. The summed E-state index contributed by atoms with van der Waals surface area (Å²) in [6, 6.07) is 7.58. The lowest BCUT2D eigenvalue weighted by atomic mass is 10.1. The molecule has 2 rings (SSSR count). The third kappa shape index (κ3) is 3.57. The Morgan fingerprint density at radius 1 is 1.33 bits per heavy atom. The minimum absolute atomic E-state index is 0.0758. The van der Waals surface area contributed by atoms with Crippen LogP contribution < -0.4 is 4.74 Å². The standard InChI is InChI=1S/C14H17ClN2O3S/c1-10(2)14-16-13(21(15,18)19)9-17(14)8-11-6-4-5-7-12(11)20-3/h4-7,9-10H,8H2,1-3H3. The Kier molecular flexibility index (Phi) is 4.58. The fraction of sp³-hybridized carbons (Fsp3) is 0.357. The van der Waals surface area contributed by atoms with Crippen LogP contribution in [0.25, 0.3) is 0 Å². The first-order chi connectivity index (χ1) is 9.82. The van der Waals surface area contributed by atoms with Gasteiger partial charge in [-0.3, -0.25) is 0 Å². The highest BCUT2D eigenvalue weighted by atomic mass is 35.7. The zero-order valence-electron chi connectivity index (χ0n) is 12.1. The maximum absolute atomic E-state index is 11.5. The number of hydrogen-bond donors (Lipinski definition) is 0. The number of halogens is 1. The first kappa shape index (κ1) is 15.9. The largest absolute Gasteiger partial charge is 0.496 e. The summed E-state index contributed by atoms with van der Waals surface area (Å²) >= 11 is 0. The number of ether oxygens (including phenoxy) is 1. The second kappa shape index (κ2) is 6.07. The summed E-state index contributed by atoms with van der Waals surface area (Å²) in [7, 11) is 3.15. The van der Waals surface area contributed by atoms with E-state index in [1.165, 1.54) is 6.20 Å². The Labute approximate surface area is 128 Å². The monoisotopic (exact) mass is 328 g/mol. The summed E-state index contributed by atoms with van der Waals surface area (Å²) < 4.78 is 30.0. The molecule has 21 heavy (non-hydrogen) atoms. The number of para-hydroxylation sites is 1. The highest BCUT2D eigenvalue weighted by Crippen LogP contribution is 2.24. The zero-order valence-corrected chi connectivity index (χ0v) is 13.6. The van der Waals surface area contributed by atoms with Crippen molar-refractivity contribution in [2.24, 2.45) is 0 Å². The van der Waals surface area contributed by atoms with Gasteiger partial charge in [0.15, 0.2) is 5.03 Å². The van der Waals surface area contributed by atoms with E-state index in [4.69, 9.17) is 15.4 Å². The van der Waals surface area contributed by atoms with Crippen LogP contribution in [-0.4, -0.2) is 25.1 Å². The summed E-state index contributed by atoms with van der Waals surface area (Å²) in [5.74, 6) is 1.49. The molecule has 0 bridgehead atoms. The van der Waals surface area contributed by atoms with Crippen molar-refractivity contribution in [3.05, 3.63) is 41.9 Å². The predicted octanol–water partition coefficient (Wildman–Crippen LogP) is 2.99. The molecule has 0 atom stereocenters. The van der Waals surface area contributed by atoms with Crippen molar-refractivity contribution in [2.75, 3.05) is 7.11 Å². The maximum atomic E-state index is 11.5. The van der Waals surface area contributed by atoms with Crippen molar-refractivity contribution < 1.29 is 13.2 Å². The molecule has 1 aromatic carbocycles. The van der Waals surface area contributed by atoms with Crippen molar-refractivity contribution >= 4 is 19.7 Å². The van der Waals surface area contributed by atoms with E-state index in [0.717, 1.165) is 11.3 Å². The molecule has 0 saturated heterocycles. The van der Waals surface area contributed by atoms with Gasteiger partial charge in [0.25, 0.3) is 9.05 Å². The van der Waals surface area contributed by atoms with Crippen LogP contribution in [-0.2, 0) is 15.6 Å². The highest BCUT2D eigenvalue weighted by molar-refractivity contribution is 8.13. The molecule has 0 saturated carbocycles. The van der Waals surface area contributed by atoms with Gasteiger partial charge in [0, 0.05) is 28.4 Å². The first-order valence-electron chi connectivity index (χ1n) is 6.46. The van der Waals surface area contributed by atoms with Gasteiger partial charge in [-0.1, -0.05) is 32.0 Å². The molecular weight excluding hydrogens is 312 g/mol. The number of rotatable bonds is 5. The highest BCUT2D eigenvalue weighted by Gasteiger charge is 2.20. The molecule has 0 N–H and O–H groups in total. The minimum atomic E-state index is -3.84. The smallest absolute Gasteiger partial charge is 0.280 e. The van der Waals surface area contributed by atoms with Gasteiger partial charge in [0.05, 0.1) is 13.7 Å². The first-order valence-corrected chi connectivity index (χ1v) is 8.77. The van der Waals surface area contributed by atoms with Gasteiger partial charge in [-0.05, 0) is 6.07 Å². The molecule has 0 radical (unpaired) electrons.